The summed E-state index contributed by atoms with van der Waals surface area (Å²) in [5.41, 5.74) is 4.48. The van der Waals surface area contributed by atoms with Gasteiger partial charge in [-0.05, 0) is 77.9 Å². The molecule has 0 amide bonds. The molecule has 41 heavy (non-hydrogen) atoms. The molecule has 0 N–H and O–H groups in total. The van der Waals surface area contributed by atoms with Gasteiger partial charge in [-0.25, -0.2) is 0 Å². The summed E-state index contributed by atoms with van der Waals surface area (Å²) in [4.78, 5) is 25.3. The van der Waals surface area contributed by atoms with Crippen molar-refractivity contribution in [1.29, 1.82) is 0 Å². The molecule has 0 unspecified atom stereocenters. The maximum absolute atomic E-state index is 12.9. The molecule has 0 bridgehead atoms. The van der Waals surface area contributed by atoms with Gasteiger partial charge < -0.3 is 9.47 Å². The van der Waals surface area contributed by atoms with Crippen LogP contribution in [0, 0.1) is 19.3 Å². The molecule has 4 rings (SSSR count). The molecule has 4 heteroatoms. The molecule has 4 aromatic carbocycles. The number of carbonyl (C=O) groups excluding carboxylic acids is 2. The third-order valence-electron chi connectivity index (χ3n) is 8.29. The maximum atomic E-state index is 12.9. The number of hydrogen-bond acceptors (Lipinski definition) is 4. The molecule has 0 heterocycles. The predicted octanol–water partition coefficient (Wildman–Crippen LogP) is 8.82. The van der Waals surface area contributed by atoms with Crippen molar-refractivity contribution in [3.8, 4) is 11.5 Å². The van der Waals surface area contributed by atoms with Crippen molar-refractivity contribution in [3.63, 3.8) is 0 Å². The fourth-order valence-electron chi connectivity index (χ4n) is 5.40. The van der Waals surface area contributed by atoms with E-state index in [9.17, 15) is 9.59 Å². The Kier molecular flexibility index (Phi) is 9.01. The van der Waals surface area contributed by atoms with E-state index in [1.807, 2.05) is 89.2 Å². The molecule has 214 valence electrons. The Morgan fingerprint density at radius 2 is 1.20 bits per heavy atom. The molecular weight excluding hydrogens is 508 g/mol. The minimum absolute atomic E-state index is 0.0103. The van der Waals surface area contributed by atoms with Crippen LogP contribution in [0.2, 0.25) is 0 Å². The highest BCUT2D eigenvalue weighted by atomic mass is 16.5. The molecule has 0 aliphatic heterocycles. The average Bonchev–Trinajstić information content (AvgIpc) is 2.96. The van der Waals surface area contributed by atoms with E-state index in [-0.39, 0.29) is 30.2 Å². The van der Waals surface area contributed by atoms with E-state index >= 15 is 0 Å². The Morgan fingerprint density at radius 1 is 0.659 bits per heavy atom. The van der Waals surface area contributed by atoms with E-state index in [0.29, 0.717) is 11.3 Å². The number of ketones is 2. The summed E-state index contributed by atoms with van der Waals surface area (Å²) < 4.78 is 11.9. The van der Waals surface area contributed by atoms with Crippen molar-refractivity contribution in [3.05, 3.63) is 107 Å². The van der Waals surface area contributed by atoms with Crippen molar-refractivity contribution in [2.45, 2.75) is 66.7 Å². The molecule has 0 saturated carbocycles. The lowest BCUT2D eigenvalue weighted by atomic mass is 9.70. The lowest BCUT2D eigenvalue weighted by molar-refractivity contribution is -0.128. The fraction of sp³-hybridized carbons (Fsp3) is 0.351. The summed E-state index contributed by atoms with van der Waals surface area (Å²) in [5, 5.41) is 2.15. The number of carbonyl (C=O) groups is 2. The molecule has 0 saturated heterocycles. The van der Waals surface area contributed by atoms with Crippen LogP contribution < -0.4 is 9.47 Å². The summed E-state index contributed by atoms with van der Waals surface area (Å²) in [7, 11) is 0. The largest absolute Gasteiger partial charge is 0.486 e. The van der Waals surface area contributed by atoms with E-state index in [1.54, 1.807) is 0 Å². The van der Waals surface area contributed by atoms with Crippen molar-refractivity contribution in [2.75, 3.05) is 13.2 Å². The zero-order valence-electron chi connectivity index (χ0n) is 25.5. The predicted molar refractivity (Wildman–Crippen MR) is 167 cm³/mol. The lowest BCUT2D eigenvalue weighted by Crippen LogP contribution is -2.27. The lowest BCUT2D eigenvalue weighted by Gasteiger charge is -2.34. The zero-order valence-corrected chi connectivity index (χ0v) is 25.5. The number of benzene rings is 4. The monoisotopic (exact) mass is 550 g/mol. The number of ether oxygens (including phenoxy) is 2. The van der Waals surface area contributed by atoms with Crippen molar-refractivity contribution in [1.82, 2.24) is 0 Å². The first-order valence-corrected chi connectivity index (χ1v) is 14.5. The van der Waals surface area contributed by atoms with Gasteiger partial charge in [0.05, 0.1) is 0 Å². The number of hydrogen-bond donors (Lipinski definition) is 0. The molecule has 4 aromatic rings. The summed E-state index contributed by atoms with van der Waals surface area (Å²) in [5.74, 6) is 1.49. The molecule has 0 radical (unpaired) electrons. The Morgan fingerprint density at radius 3 is 1.71 bits per heavy atom. The van der Waals surface area contributed by atoms with Crippen molar-refractivity contribution >= 4 is 22.3 Å². The Labute approximate surface area is 244 Å². The van der Waals surface area contributed by atoms with Crippen LogP contribution in [0.25, 0.3) is 10.8 Å². The second-order valence-corrected chi connectivity index (χ2v) is 12.0. The number of fused-ring (bicyclic) bond motifs is 1. The Hall–Kier alpha value is -3.92. The molecule has 0 aliphatic rings. The molecular formula is C37H42O4. The molecule has 0 spiro atoms. The third-order valence-corrected chi connectivity index (χ3v) is 8.29. The van der Waals surface area contributed by atoms with Crippen LogP contribution in [-0.2, 0) is 10.2 Å². The van der Waals surface area contributed by atoms with Crippen LogP contribution >= 0.6 is 0 Å². The summed E-state index contributed by atoms with van der Waals surface area (Å²) in [6.45, 7) is 14.3. The van der Waals surface area contributed by atoms with Crippen LogP contribution in [0.1, 0.15) is 80.1 Å². The molecule has 0 aromatic heterocycles. The van der Waals surface area contributed by atoms with E-state index in [1.165, 1.54) is 11.1 Å². The maximum Gasteiger partial charge on any atom is 0.200 e. The Bertz CT molecular complexity index is 1550. The molecule has 0 aliphatic carbocycles. The highest BCUT2D eigenvalue weighted by Crippen LogP contribution is 2.41. The van der Waals surface area contributed by atoms with Gasteiger partial charge in [0.2, 0.25) is 0 Å². The normalized spacial score (nSPS) is 11.9. The SMILES string of the molecule is CCC(CC)(c1ccc(OCC(=O)c2ccc3ccccc3c2)c(C)c1)c1ccc(OCC(=O)C(C)(C)C)c(C)c1. The molecule has 4 nitrogen and oxygen atoms in total. The number of rotatable bonds is 11. The summed E-state index contributed by atoms with van der Waals surface area (Å²) >= 11 is 0. The fourth-order valence-corrected chi connectivity index (χ4v) is 5.40. The summed E-state index contributed by atoms with van der Waals surface area (Å²) in [6.07, 6.45) is 1.84. The van der Waals surface area contributed by atoms with Crippen LogP contribution in [0.15, 0.2) is 78.9 Å². The van der Waals surface area contributed by atoms with E-state index < -0.39 is 5.41 Å². The van der Waals surface area contributed by atoms with Gasteiger partial charge >= 0.3 is 0 Å². The standard InChI is InChI=1S/C37H42O4/c1-8-37(9-2,31-17-19-34(26(4)21-31)41-24-35(39)36(5,6)7)30-16-18-33(25(3)20-30)40-23-32(38)29-15-14-27-12-10-11-13-28(27)22-29/h10-22H,8-9,23-24H2,1-7H3. The van der Waals surface area contributed by atoms with Gasteiger partial charge in [-0.15, -0.1) is 0 Å². The number of aryl methyl sites for hydroxylation is 2. The topological polar surface area (TPSA) is 52.6 Å². The second kappa shape index (κ2) is 12.3. The van der Waals surface area contributed by atoms with Gasteiger partial charge in [-0.1, -0.05) is 95.3 Å². The second-order valence-electron chi connectivity index (χ2n) is 12.0. The Balaban J connectivity index is 1.51. The van der Waals surface area contributed by atoms with E-state index in [2.05, 4.69) is 38.1 Å². The van der Waals surface area contributed by atoms with E-state index in [0.717, 1.165) is 40.5 Å². The highest BCUT2D eigenvalue weighted by Gasteiger charge is 2.32. The zero-order chi connectivity index (χ0) is 29.8. The first-order valence-electron chi connectivity index (χ1n) is 14.5. The van der Waals surface area contributed by atoms with Crippen LogP contribution in [0.3, 0.4) is 0 Å². The van der Waals surface area contributed by atoms with Gasteiger partial charge in [-0.3, -0.25) is 9.59 Å². The van der Waals surface area contributed by atoms with Crippen LogP contribution in [0.5, 0.6) is 11.5 Å². The summed E-state index contributed by atoms with van der Waals surface area (Å²) in [6, 6.07) is 26.4. The smallest absolute Gasteiger partial charge is 0.200 e. The molecule has 0 atom stereocenters. The van der Waals surface area contributed by atoms with Crippen molar-refractivity contribution in [2.24, 2.45) is 5.41 Å². The average molecular weight is 551 g/mol. The third kappa shape index (κ3) is 6.53. The van der Waals surface area contributed by atoms with Gasteiger partial charge in [0.15, 0.2) is 18.2 Å². The van der Waals surface area contributed by atoms with Gasteiger partial charge in [0.25, 0.3) is 0 Å². The quantitative estimate of drug-likeness (QED) is 0.175. The van der Waals surface area contributed by atoms with Crippen LogP contribution in [-0.4, -0.2) is 24.8 Å². The minimum Gasteiger partial charge on any atom is -0.486 e. The van der Waals surface area contributed by atoms with Gasteiger partial charge in [-0.2, -0.15) is 0 Å². The molecule has 0 fully saturated rings. The first kappa shape index (κ1) is 30.0. The van der Waals surface area contributed by atoms with Crippen molar-refractivity contribution < 1.29 is 19.1 Å². The van der Waals surface area contributed by atoms with Gasteiger partial charge in [0.1, 0.15) is 18.1 Å². The number of Topliss-reactive ketones (excluding diaryl/α,β-unsaturated/α-hetero) is 2. The van der Waals surface area contributed by atoms with Gasteiger partial charge in [0, 0.05) is 16.4 Å². The van der Waals surface area contributed by atoms with E-state index in [4.69, 9.17) is 9.47 Å². The minimum atomic E-state index is -0.426. The van der Waals surface area contributed by atoms with Crippen LogP contribution in [0.4, 0.5) is 0 Å². The highest BCUT2D eigenvalue weighted by molar-refractivity contribution is 6.00. The first-order chi connectivity index (χ1) is 19.5.